The van der Waals surface area contributed by atoms with Gasteiger partial charge in [0.1, 0.15) is 17.3 Å². The second-order valence-corrected chi connectivity index (χ2v) is 9.93. The highest BCUT2D eigenvalue weighted by Gasteiger charge is 2.48. The first-order valence-electron chi connectivity index (χ1n) is 11.2. The molecule has 4 aromatic rings. The van der Waals surface area contributed by atoms with Crippen molar-refractivity contribution in [3.63, 3.8) is 0 Å². The largest absolute Gasteiger partial charge is 0.507 e. The van der Waals surface area contributed by atoms with Crippen LogP contribution in [-0.4, -0.2) is 35.5 Å². The molecule has 36 heavy (non-hydrogen) atoms. The van der Waals surface area contributed by atoms with Crippen LogP contribution in [0, 0.1) is 0 Å². The minimum Gasteiger partial charge on any atom is -0.507 e. The zero-order valence-electron chi connectivity index (χ0n) is 19.4. The van der Waals surface area contributed by atoms with Crippen LogP contribution in [0.5, 0.6) is 11.5 Å². The van der Waals surface area contributed by atoms with Gasteiger partial charge in [-0.2, -0.15) is 0 Å². The van der Waals surface area contributed by atoms with Crippen molar-refractivity contribution in [2.75, 3.05) is 18.6 Å². The topological polar surface area (TPSA) is 89.0 Å². The number of rotatable bonds is 6. The molecule has 182 valence electrons. The molecule has 7 nitrogen and oxygen atoms in total. The van der Waals surface area contributed by atoms with Gasteiger partial charge in [0.2, 0.25) is 0 Å². The molecule has 0 saturated carbocycles. The first-order chi connectivity index (χ1) is 17.4. The number of fused-ring (bicyclic) bond motifs is 1. The number of hydrogen-bond acceptors (Lipinski definition) is 7. The summed E-state index contributed by atoms with van der Waals surface area (Å²) < 4.78 is 12.5. The molecule has 1 aliphatic rings. The van der Waals surface area contributed by atoms with Gasteiger partial charge >= 0.3 is 5.91 Å². The maximum Gasteiger partial charge on any atom is 0.301 e. The first kappa shape index (κ1) is 24.0. The van der Waals surface area contributed by atoms with Gasteiger partial charge in [0, 0.05) is 10.0 Å². The van der Waals surface area contributed by atoms with E-state index in [-0.39, 0.29) is 11.3 Å². The molecule has 2 heterocycles. The molecule has 3 aromatic carbocycles. The van der Waals surface area contributed by atoms with Crippen LogP contribution < -0.4 is 14.4 Å². The molecule has 1 unspecified atom stereocenters. The average Bonchev–Trinajstić information content (AvgIpc) is 3.42. The number of amides is 1. The van der Waals surface area contributed by atoms with Gasteiger partial charge < -0.3 is 14.6 Å². The van der Waals surface area contributed by atoms with Gasteiger partial charge in [-0.05, 0) is 67.1 Å². The van der Waals surface area contributed by atoms with E-state index in [1.54, 1.807) is 31.4 Å². The Bertz CT molecular complexity index is 1500. The van der Waals surface area contributed by atoms with Crippen molar-refractivity contribution in [1.82, 2.24) is 4.98 Å². The number of thiazole rings is 1. The number of ether oxygens (including phenoxy) is 2. The Balaban J connectivity index is 1.67. The summed E-state index contributed by atoms with van der Waals surface area (Å²) in [4.78, 5) is 32.8. The van der Waals surface area contributed by atoms with Gasteiger partial charge in [0.25, 0.3) is 5.78 Å². The van der Waals surface area contributed by atoms with E-state index in [9.17, 15) is 14.7 Å². The van der Waals surface area contributed by atoms with Crippen molar-refractivity contribution in [1.29, 1.82) is 0 Å². The highest BCUT2D eigenvalue weighted by molar-refractivity contribution is 9.10. The lowest BCUT2D eigenvalue weighted by Gasteiger charge is -2.23. The minimum atomic E-state index is -0.855. The van der Waals surface area contributed by atoms with Gasteiger partial charge in [-0.1, -0.05) is 39.4 Å². The smallest absolute Gasteiger partial charge is 0.301 e. The summed E-state index contributed by atoms with van der Waals surface area (Å²) in [5, 5.41) is 11.6. The van der Waals surface area contributed by atoms with Crippen molar-refractivity contribution in [2.45, 2.75) is 13.0 Å². The van der Waals surface area contributed by atoms with Crippen LogP contribution in [-0.2, 0) is 9.59 Å². The van der Waals surface area contributed by atoms with Gasteiger partial charge in [0.05, 0.1) is 35.5 Å². The molecular weight excluding hydrogens is 544 g/mol. The number of anilines is 1. The van der Waals surface area contributed by atoms with Crippen molar-refractivity contribution < 1.29 is 24.2 Å². The Morgan fingerprint density at radius 1 is 1.06 bits per heavy atom. The lowest BCUT2D eigenvalue weighted by Crippen LogP contribution is -2.29. The Morgan fingerprint density at radius 2 is 1.75 bits per heavy atom. The van der Waals surface area contributed by atoms with Crippen molar-refractivity contribution in [3.05, 3.63) is 87.9 Å². The van der Waals surface area contributed by atoms with E-state index in [0.29, 0.717) is 39.9 Å². The number of halogens is 1. The lowest BCUT2D eigenvalue weighted by molar-refractivity contribution is -0.132. The zero-order valence-corrected chi connectivity index (χ0v) is 21.8. The molecule has 1 saturated heterocycles. The molecule has 0 radical (unpaired) electrons. The third-order valence-corrected chi connectivity index (χ3v) is 7.41. The average molecular weight is 565 g/mol. The van der Waals surface area contributed by atoms with Gasteiger partial charge in [-0.3, -0.25) is 14.5 Å². The quantitative estimate of drug-likeness (QED) is 0.173. The Morgan fingerprint density at radius 3 is 2.42 bits per heavy atom. The standard InChI is InChI=1S/C27H21BrN2O5S/c1-3-35-19-12-13-20-21(14-19)36-27(29-20)30-23(15-4-8-17(28)9-5-15)22(25(32)26(30)33)24(31)16-6-10-18(34-2)11-7-16/h4-14,23,31H,3H2,1-2H3/b24-22+. The normalized spacial score (nSPS) is 17.1. The van der Waals surface area contributed by atoms with E-state index in [4.69, 9.17) is 9.47 Å². The number of hydrogen-bond donors (Lipinski definition) is 1. The van der Waals surface area contributed by atoms with Crippen LogP contribution in [0.1, 0.15) is 24.1 Å². The highest BCUT2D eigenvalue weighted by atomic mass is 79.9. The Labute approximate surface area is 219 Å². The molecule has 0 aliphatic carbocycles. The number of benzene rings is 3. The predicted octanol–water partition coefficient (Wildman–Crippen LogP) is 6.09. The summed E-state index contributed by atoms with van der Waals surface area (Å²) in [6.45, 7) is 2.43. The summed E-state index contributed by atoms with van der Waals surface area (Å²) in [5.41, 5.74) is 1.76. The van der Waals surface area contributed by atoms with E-state index in [2.05, 4.69) is 20.9 Å². The van der Waals surface area contributed by atoms with Crippen LogP contribution in [0.3, 0.4) is 0 Å². The number of carbonyl (C=O) groups excluding carboxylic acids is 2. The van der Waals surface area contributed by atoms with E-state index in [1.165, 1.54) is 16.2 Å². The number of methoxy groups -OCH3 is 1. The minimum absolute atomic E-state index is 0.00162. The molecule has 1 aliphatic heterocycles. The summed E-state index contributed by atoms with van der Waals surface area (Å²) in [5.74, 6) is -0.470. The second-order valence-electron chi connectivity index (χ2n) is 8.01. The fraction of sp³-hybridized carbons (Fsp3) is 0.148. The highest BCUT2D eigenvalue weighted by Crippen LogP contribution is 2.44. The summed E-state index contributed by atoms with van der Waals surface area (Å²) in [6, 6.07) is 18.6. The fourth-order valence-electron chi connectivity index (χ4n) is 4.15. The summed E-state index contributed by atoms with van der Waals surface area (Å²) >= 11 is 4.72. The van der Waals surface area contributed by atoms with E-state index in [1.807, 2.05) is 49.4 Å². The van der Waals surface area contributed by atoms with Crippen LogP contribution in [0.2, 0.25) is 0 Å². The zero-order chi connectivity index (χ0) is 25.4. The van der Waals surface area contributed by atoms with Crippen molar-refractivity contribution >= 4 is 60.1 Å². The SMILES string of the molecule is CCOc1ccc2nc(N3C(=O)C(=O)/C(=C(/O)c4ccc(OC)cc4)C3c3ccc(Br)cc3)sc2c1. The number of carbonyl (C=O) groups is 2. The number of nitrogens with zero attached hydrogens (tertiary/aromatic N) is 2. The van der Waals surface area contributed by atoms with Crippen LogP contribution >= 0.6 is 27.3 Å². The second kappa shape index (κ2) is 9.75. The number of aliphatic hydroxyl groups is 1. The number of aliphatic hydroxyl groups excluding tert-OH is 1. The maximum absolute atomic E-state index is 13.4. The molecule has 1 fully saturated rings. The van der Waals surface area contributed by atoms with E-state index < -0.39 is 17.7 Å². The fourth-order valence-corrected chi connectivity index (χ4v) is 5.43. The molecule has 0 spiro atoms. The van der Waals surface area contributed by atoms with Crippen LogP contribution in [0.15, 0.2) is 76.8 Å². The third kappa shape index (κ3) is 4.25. The van der Waals surface area contributed by atoms with E-state index in [0.717, 1.165) is 9.17 Å². The summed E-state index contributed by atoms with van der Waals surface area (Å²) in [7, 11) is 1.54. The van der Waals surface area contributed by atoms with Crippen LogP contribution in [0.25, 0.3) is 16.0 Å². The van der Waals surface area contributed by atoms with Gasteiger partial charge in [0.15, 0.2) is 5.13 Å². The molecular formula is C27H21BrN2O5S. The number of ketones is 1. The predicted molar refractivity (Wildman–Crippen MR) is 143 cm³/mol. The van der Waals surface area contributed by atoms with Crippen molar-refractivity contribution in [2.24, 2.45) is 0 Å². The molecule has 0 bridgehead atoms. The molecule has 5 rings (SSSR count). The molecule has 1 atom stereocenters. The molecule has 1 aromatic heterocycles. The first-order valence-corrected chi connectivity index (χ1v) is 12.8. The maximum atomic E-state index is 13.4. The van der Waals surface area contributed by atoms with Crippen molar-refractivity contribution in [3.8, 4) is 11.5 Å². The monoisotopic (exact) mass is 564 g/mol. The molecule has 1 N–H and O–H groups in total. The Kier molecular flexibility index (Phi) is 6.51. The number of aromatic nitrogens is 1. The Hall–Kier alpha value is -3.69. The third-order valence-electron chi connectivity index (χ3n) is 5.86. The van der Waals surface area contributed by atoms with Gasteiger partial charge in [-0.25, -0.2) is 4.98 Å². The molecule has 9 heteroatoms. The number of Topliss-reactive ketones (excluding diaryl/α,β-unsaturated/α-hetero) is 1. The van der Waals surface area contributed by atoms with Crippen LogP contribution in [0.4, 0.5) is 5.13 Å². The lowest BCUT2D eigenvalue weighted by atomic mass is 9.95. The summed E-state index contributed by atoms with van der Waals surface area (Å²) in [6.07, 6.45) is 0. The van der Waals surface area contributed by atoms with Gasteiger partial charge in [-0.15, -0.1) is 0 Å². The van der Waals surface area contributed by atoms with E-state index >= 15 is 0 Å². The molecule has 1 amide bonds.